The molecule has 15 heavy (non-hydrogen) atoms. The first-order valence-corrected chi connectivity index (χ1v) is 5.33. The van der Waals surface area contributed by atoms with Crippen LogP contribution in [0.3, 0.4) is 0 Å². The summed E-state index contributed by atoms with van der Waals surface area (Å²) in [5, 5.41) is 4.92. The predicted molar refractivity (Wildman–Crippen MR) is 60.6 cm³/mol. The average Bonchev–Trinajstić information content (AvgIpc) is 2.59. The largest absolute Gasteiger partial charge is 0.476 e. The highest BCUT2D eigenvalue weighted by molar-refractivity contribution is 9.18. The molecule has 0 spiro atoms. The lowest BCUT2D eigenvalue weighted by Gasteiger charge is -1.96. The lowest BCUT2D eigenvalue weighted by Crippen LogP contribution is -2.03. The Kier molecular flexibility index (Phi) is 2.73. The molecule has 0 fully saturated rings. The molecule has 0 bridgehead atoms. The molecule has 0 aliphatic rings. The van der Waals surface area contributed by atoms with Gasteiger partial charge in [0, 0.05) is 15.9 Å². The van der Waals surface area contributed by atoms with Gasteiger partial charge in [-0.25, -0.2) is 0 Å². The number of para-hydroxylation sites is 1. The van der Waals surface area contributed by atoms with Gasteiger partial charge in [0.2, 0.25) is 5.88 Å². The molecule has 0 atom stereocenters. The Morgan fingerprint density at radius 1 is 1.53 bits per heavy atom. The van der Waals surface area contributed by atoms with E-state index in [0.717, 1.165) is 10.9 Å². The third-order valence-electron chi connectivity index (χ3n) is 2.00. The zero-order valence-corrected chi connectivity index (χ0v) is 9.69. The Bertz CT molecular complexity index is 507. The van der Waals surface area contributed by atoms with Gasteiger partial charge in [-0.3, -0.25) is 4.79 Å². The van der Waals surface area contributed by atoms with Crippen molar-refractivity contribution < 1.29 is 9.53 Å². The van der Waals surface area contributed by atoms with Crippen LogP contribution in [0.25, 0.3) is 10.9 Å². The predicted octanol–water partition coefficient (Wildman–Crippen LogP) is 2.80. The highest BCUT2D eigenvalue weighted by Crippen LogP contribution is 2.25. The van der Waals surface area contributed by atoms with Gasteiger partial charge in [0.05, 0.1) is 17.5 Å². The van der Waals surface area contributed by atoms with E-state index >= 15 is 0 Å². The molecule has 4 nitrogen and oxygen atoms in total. The van der Waals surface area contributed by atoms with Crippen LogP contribution in [0.15, 0.2) is 24.3 Å². The normalized spacial score (nSPS) is 10.5. The second kappa shape index (κ2) is 4.02. The number of carbonyl (C=O) groups excluding carboxylic acids is 1. The van der Waals surface area contributed by atoms with Gasteiger partial charge in [-0.05, 0) is 19.1 Å². The van der Waals surface area contributed by atoms with Crippen molar-refractivity contribution in [2.45, 2.75) is 6.92 Å². The summed E-state index contributed by atoms with van der Waals surface area (Å²) in [5.74, 6) is 0.487. The molecule has 78 valence electrons. The zero-order chi connectivity index (χ0) is 10.8. The van der Waals surface area contributed by atoms with Crippen molar-refractivity contribution in [3.05, 3.63) is 24.3 Å². The van der Waals surface area contributed by atoms with E-state index in [9.17, 15) is 4.79 Å². The summed E-state index contributed by atoms with van der Waals surface area (Å²) in [4.78, 5) is 10.9. The number of aromatic nitrogens is 2. The number of hydrogen-bond donors (Lipinski definition) is 0. The lowest BCUT2D eigenvalue weighted by atomic mass is 10.2. The first kappa shape index (κ1) is 10.2. The molecular weight excluding hydrogens is 260 g/mol. The molecule has 1 aromatic carbocycles. The molecule has 2 aromatic rings. The maximum Gasteiger partial charge on any atom is 0.314 e. The highest BCUT2D eigenvalue weighted by Gasteiger charge is 2.13. The quantitative estimate of drug-likeness (QED) is 0.787. The molecule has 2 rings (SSSR count). The fourth-order valence-electron chi connectivity index (χ4n) is 1.42. The minimum Gasteiger partial charge on any atom is -0.476 e. The molecule has 5 heteroatoms. The number of ether oxygens (including phenoxy) is 1. The molecule has 0 saturated heterocycles. The summed E-state index contributed by atoms with van der Waals surface area (Å²) < 4.78 is 6.62. The van der Waals surface area contributed by atoms with Gasteiger partial charge in [0.15, 0.2) is 0 Å². The Morgan fingerprint density at radius 2 is 2.27 bits per heavy atom. The van der Waals surface area contributed by atoms with E-state index in [4.69, 9.17) is 4.74 Å². The minimum absolute atomic E-state index is 0.301. The van der Waals surface area contributed by atoms with Crippen LogP contribution >= 0.6 is 15.9 Å². The number of carbonyl (C=O) groups is 1. The molecule has 0 radical (unpaired) electrons. The van der Waals surface area contributed by atoms with Crippen LogP contribution in [0.4, 0.5) is 4.79 Å². The number of hydrogen-bond acceptors (Lipinski definition) is 3. The number of rotatable bonds is 2. The van der Waals surface area contributed by atoms with Gasteiger partial charge in [-0.2, -0.15) is 4.68 Å². The zero-order valence-electron chi connectivity index (χ0n) is 8.11. The van der Waals surface area contributed by atoms with Crippen LogP contribution in [0.5, 0.6) is 5.88 Å². The fourth-order valence-corrected chi connectivity index (χ4v) is 1.69. The first-order chi connectivity index (χ1) is 7.24. The van der Waals surface area contributed by atoms with Crippen molar-refractivity contribution in [2.24, 2.45) is 0 Å². The summed E-state index contributed by atoms with van der Waals surface area (Å²) in [6.45, 7) is 2.40. The SMILES string of the molecule is CCOc1nn(C(=O)Br)c2ccccc12. The molecule has 0 aliphatic heterocycles. The third-order valence-corrected chi connectivity index (χ3v) is 2.34. The van der Waals surface area contributed by atoms with Gasteiger partial charge < -0.3 is 4.74 Å². The second-order valence-corrected chi connectivity index (χ2v) is 3.60. The third kappa shape index (κ3) is 1.74. The highest BCUT2D eigenvalue weighted by atomic mass is 79.9. The van der Waals surface area contributed by atoms with Gasteiger partial charge in [-0.1, -0.05) is 12.1 Å². The minimum atomic E-state index is -0.301. The van der Waals surface area contributed by atoms with Crippen molar-refractivity contribution in [1.29, 1.82) is 0 Å². The van der Waals surface area contributed by atoms with Crippen molar-refractivity contribution in [1.82, 2.24) is 9.78 Å². The van der Waals surface area contributed by atoms with Gasteiger partial charge in [0.25, 0.3) is 0 Å². The second-order valence-electron chi connectivity index (χ2n) is 2.92. The van der Waals surface area contributed by atoms with E-state index < -0.39 is 0 Å². The molecule has 0 aliphatic carbocycles. The molecule has 1 aromatic heterocycles. The molecule has 1 heterocycles. The molecule has 0 amide bonds. The maximum absolute atomic E-state index is 11.2. The Hall–Kier alpha value is -1.36. The summed E-state index contributed by atoms with van der Waals surface area (Å²) >= 11 is 2.87. The van der Waals surface area contributed by atoms with Gasteiger partial charge in [0.1, 0.15) is 0 Å². The molecular formula is C10H9BrN2O2. The number of benzene rings is 1. The van der Waals surface area contributed by atoms with E-state index in [1.165, 1.54) is 4.68 Å². The van der Waals surface area contributed by atoms with Crippen LogP contribution in [-0.2, 0) is 0 Å². The molecule has 0 unspecified atom stereocenters. The lowest BCUT2D eigenvalue weighted by molar-refractivity contribution is 0.260. The van der Waals surface area contributed by atoms with Crippen LogP contribution < -0.4 is 4.74 Å². The van der Waals surface area contributed by atoms with Gasteiger partial charge in [-0.15, -0.1) is 5.10 Å². The molecule has 0 N–H and O–H groups in total. The number of nitrogens with zero attached hydrogens (tertiary/aromatic N) is 2. The maximum atomic E-state index is 11.2. The smallest absolute Gasteiger partial charge is 0.314 e. The van der Waals surface area contributed by atoms with E-state index in [0.29, 0.717) is 12.5 Å². The number of fused-ring (bicyclic) bond motifs is 1. The van der Waals surface area contributed by atoms with Crippen molar-refractivity contribution >= 4 is 31.6 Å². The Morgan fingerprint density at radius 3 is 2.93 bits per heavy atom. The Balaban J connectivity index is 2.67. The van der Waals surface area contributed by atoms with Crippen LogP contribution in [0.2, 0.25) is 0 Å². The summed E-state index contributed by atoms with van der Waals surface area (Å²) in [5.41, 5.74) is 0.739. The Labute approximate surface area is 95.0 Å². The van der Waals surface area contributed by atoms with Gasteiger partial charge >= 0.3 is 4.82 Å². The topological polar surface area (TPSA) is 44.1 Å². The fraction of sp³-hybridized carbons (Fsp3) is 0.200. The van der Waals surface area contributed by atoms with Crippen LogP contribution in [0, 0.1) is 0 Å². The molecule has 0 saturated carbocycles. The summed E-state index contributed by atoms with van der Waals surface area (Å²) in [7, 11) is 0. The van der Waals surface area contributed by atoms with Crippen molar-refractivity contribution in [3.8, 4) is 5.88 Å². The van der Waals surface area contributed by atoms with E-state index in [-0.39, 0.29) is 4.82 Å². The average molecular weight is 269 g/mol. The van der Waals surface area contributed by atoms with Crippen molar-refractivity contribution in [2.75, 3.05) is 6.61 Å². The van der Waals surface area contributed by atoms with E-state index in [2.05, 4.69) is 21.0 Å². The van der Waals surface area contributed by atoms with Crippen molar-refractivity contribution in [3.63, 3.8) is 0 Å². The first-order valence-electron chi connectivity index (χ1n) is 4.54. The standard InChI is InChI=1S/C10H9BrN2O2/c1-2-15-9-7-5-3-4-6-8(7)13(12-9)10(11)14/h3-6H,2H2,1H3. The summed E-state index contributed by atoms with van der Waals surface area (Å²) in [6, 6.07) is 7.44. The van der Waals surface area contributed by atoms with Crippen LogP contribution in [-0.4, -0.2) is 21.2 Å². The monoisotopic (exact) mass is 268 g/mol. The van der Waals surface area contributed by atoms with E-state index in [1.54, 1.807) is 0 Å². The number of halogens is 1. The van der Waals surface area contributed by atoms with E-state index in [1.807, 2.05) is 31.2 Å². The van der Waals surface area contributed by atoms with Crippen LogP contribution in [0.1, 0.15) is 6.92 Å². The summed E-state index contributed by atoms with van der Waals surface area (Å²) in [6.07, 6.45) is 0.